The number of carboxylic acid groups (broad SMARTS) is 1. The molecule has 0 aromatic heterocycles. The largest absolute Gasteiger partial charge is 0.480 e. The minimum atomic E-state index is -1.13. The highest BCUT2D eigenvalue weighted by atomic mass is 16.4. The summed E-state index contributed by atoms with van der Waals surface area (Å²) in [5, 5.41) is 9.36. The van der Waals surface area contributed by atoms with Gasteiger partial charge in [0.1, 0.15) is 0 Å². The van der Waals surface area contributed by atoms with Crippen molar-refractivity contribution < 1.29 is 14.7 Å². The zero-order valence-electron chi connectivity index (χ0n) is 11.2. The van der Waals surface area contributed by atoms with Gasteiger partial charge in [-0.2, -0.15) is 0 Å². The highest BCUT2D eigenvalue weighted by Gasteiger charge is 2.41. The van der Waals surface area contributed by atoms with Gasteiger partial charge in [-0.25, -0.2) is 0 Å². The highest BCUT2D eigenvalue weighted by Crippen LogP contribution is 2.38. The van der Waals surface area contributed by atoms with Gasteiger partial charge in [-0.3, -0.25) is 9.59 Å². The number of carbonyl (C=O) groups is 2. The minimum Gasteiger partial charge on any atom is -0.480 e. The van der Waals surface area contributed by atoms with Gasteiger partial charge in [-0.1, -0.05) is 36.4 Å². The van der Waals surface area contributed by atoms with Crippen LogP contribution < -0.4 is 0 Å². The van der Waals surface area contributed by atoms with Crippen molar-refractivity contribution in [1.82, 2.24) is 4.90 Å². The second-order valence-electron chi connectivity index (χ2n) is 4.72. The van der Waals surface area contributed by atoms with E-state index in [0.29, 0.717) is 18.5 Å². The van der Waals surface area contributed by atoms with Crippen molar-refractivity contribution in [2.75, 3.05) is 6.54 Å². The van der Waals surface area contributed by atoms with E-state index in [-0.39, 0.29) is 11.9 Å². The average molecular weight is 271 g/mol. The highest BCUT2D eigenvalue weighted by molar-refractivity contribution is 6.04. The van der Waals surface area contributed by atoms with Gasteiger partial charge in [0.2, 0.25) is 5.91 Å². The molecule has 4 heteroatoms. The molecular formula is C16H17NO3. The molecule has 1 amide bonds. The fraction of sp³-hybridized carbons (Fsp3) is 0.250. The topological polar surface area (TPSA) is 57.6 Å². The number of hydrogen-bond donors (Lipinski definition) is 1. The maximum atomic E-state index is 12.5. The molecule has 0 saturated carbocycles. The van der Waals surface area contributed by atoms with E-state index in [4.69, 9.17) is 0 Å². The lowest BCUT2D eigenvalue weighted by molar-refractivity contribution is -0.148. The molecule has 2 unspecified atom stereocenters. The Kier molecular flexibility index (Phi) is 4.03. The van der Waals surface area contributed by atoms with Gasteiger partial charge in [0, 0.05) is 6.54 Å². The van der Waals surface area contributed by atoms with Crippen LogP contribution in [0.2, 0.25) is 0 Å². The Balaban J connectivity index is 2.59. The van der Waals surface area contributed by atoms with E-state index in [0.717, 1.165) is 5.56 Å². The minimum absolute atomic E-state index is 0.176. The monoisotopic (exact) mass is 271 g/mol. The Bertz CT molecular complexity index is 565. The molecule has 1 aliphatic rings. The molecule has 104 valence electrons. The lowest BCUT2D eigenvalue weighted by Crippen LogP contribution is -2.45. The van der Waals surface area contributed by atoms with E-state index in [1.807, 2.05) is 12.1 Å². The van der Waals surface area contributed by atoms with Crippen molar-refractivity contribution in [3.05, 3.63) is 60.7 Å². The lowest BCUT2D eigenvalue weighted by atomic mass is 9.83. The van der Waals surface area contributed by atoms with Crippen molar-refractivity contribution in [1.29, 1.82) is 0 Å². The van der Waals surface area contributed by atoms with Crippen LogP contribution >= 0.6 is 0 Å². The van der Waals surface area contributed by atoms with E-state index < -0.39 is 11.9 Å². The summed E-state index contributed by atoms with van der Waals surface area (Å²) < 4.78 is 0. The van der Waals surface area contributed by atoms with E-state index in [2.05, 4.69) is 13.2 Å². The fourth-order valence-corrected chi connectivity index (χ4v) is 2.70. The van der Waals surface area contributed by atoms with Gasteiger partial charge in [0.05, 0.1) is 6.04 Å². The molecule has 1 heterocycles. The first-order valence-corrected chi connectivity index (χ1v) is 6.45. The summed E-state index contributed by atoms with van der Waals surface area (Å²) in [6, 6.07) is 7.03. The summed E-state index contributed by atoms with van der Waals surface area (Å²) in [7, 11) is 0. The Labute approximate surface area is 118 Å². The Morgan fingerprint density at radius 2 is 1.90 bits per heavy atom. The van der Waals surface area contributed by atoms with Gasteiger partial charge in [0.25, 0.3) is 0 Å². The number of carbonyl (C=O) groups excluding carboxylic acids is 1. The molecule has 1 aliphatic heterocycles. The van der Waals surface area contributed by atoms with Crippen LogP contribution in [0, 0.1) is 0 Å². The maximum absolute atomic E-state index is 12.5. The molecule has 1 aromatic carbocycles. The molecule has 2 atom stereocenters. The third kappa shape index (κ3) is 2.25. The average Bonchev–Trinajstić information content (AvgIpc) is 2.42. The number of aliphatic carboxylic acids is 1. The van der Waals surface area contributed by atoms with Gasteiger partial charge >= 0.3 is 5.97 Å². The number of fused-ring (bicyclic) bond motifs is 1. The summed E-state index contributed by atoms with van der Waals surface area (Å²) in [4.78, 5) is 25.5. The third-order valence-electron chi connectivity index (χ3n) is 3.53. The van der Waals surface area contributed by atoms with Crippen molar-refractivity contribution in [2.45, 2.75) is 18.4 Å². The van der Waals surface area contributed by atoms with E-state index >= 15 is 0 Å². The Morgan fingerprint density at radius 3 is 2.45 bits per heavy atom. The number of benzene rings is 1. The Hall–Kier alpha value is -2.36. The number of carboxylic acids is 1. The first kappa shape index (κ1) is 14.1. The summed E-state index contributed by atoms with van der Waals surface area (Å²) >= 11 is 0. The molecule has 4 nitrogen and oxygen atoms in total. The molecule has 0 fully saturated rings. The van der Waals surface area contributed by atoms with Crippen LogP contribution in [0.4, 0.5) is 0 Å². The van der Waals surface area contributed by atoms with Crippen molar-refractivity contribution >= 4 is 11.9 Å². The summed E-state index contributed by atoms with van der Waals surface area (Å²) in [6.07, 6.45) is 3.94. The molecule has 1 N–H and O–H groups in total. The lowest BCUT2D eigenvalue weighted by Gasteiger charge is -2.38. The predicted molar refractivity (Wildman–Crippen MR) is 76.3 cm³/mol. The van der Waals surface area contributed by atoms with Crippen molar-refractivity contribution in [3.8, 4) is 0 Å². The van der Waals surface area contributed by atoms with Gasteiger partial charge in [-0.15, -0.1) is 13.2 Å². The number of rotatable bonds is 5. The zero-order valence-corrected chi connectivity index (χ0v) is 11.2. The van der Waals surface area contributed by atoms with Crippen LogP contribution in [0.25, 0.3) is 0 Å². The molecule has 2 rings (SSSR count). The van der Waals surface area contributed by atoms with Crippen molar-refractivity contribution in [3.63, 3.8) is 0 Å². The molecule has 0 aliphatic carbocycles. The smallest absolute Gasteiger partial charge is 0.320 e. The van der Waals surface area contributed by atoms with Gasteiger partial charge < -0.3 is 10.0 Å². The van der Waals surface area contributed by atoms with Gasteiger partial charge in [0.15, 0.2) is 5.92 Å². The van der Waals surface area contributed by atoms with E-state index in [9.17, 15) is 14.7 Å². The molecule has 20 heavy (non-hydrogen) atoms. The second-order valence-corrected chi connectivity index (χ2v) is 4.72. The molecule has 0 spiro atoms. The van der Waals surface area contributed by atoms with Crippen LogP contribution in [-0.2, 0) is 9.59 Å². The number of nitrogens with zero attached hydrogens (tertiary/aromatic N) is 1. The zero-order chi connectivity index (χ0) is 14.7. The molecule has 0 bridgehead atoms. The molecule has 0 saturated heterocycles. The second kappa shape index (κ2) is 5.74. The van der Waals surface area contributed by atoms with Crippen LogP contribution in [0.15, 0.2) is 49.6 Å². The molecular weight excluding hydrogens is 254 g/mol. The first-order valence-electron chi connectivity index (χ1n) is 6.45. The van der Waals surface area contributed by atoms with Gasteiger partial charge in [-0.05, 0) is 17.5 Å². The van der Waals surface area contributed by atoms with Crippen LogP contribution in [0.5, 0.6) is 0 Å². The summed E-state index contributed by atoms with van der Waals surface area (Å²) in [6.45, 7) is 7.69. The number of amides is 1. The fourth-order valence-electron chi connectivity index (χ4n) is 2.70. The van der Waals surface area contributed by atoms with E-state index in [1.54, 1.807) is 29.2 Å². The normalized spacial score (nSPS) is 21.2. The van der Waals surface area contributed by atoms with Crippen LogP contribution in [0.3, 0.4) is 0 Å². The third-order valence-corrected chi connectivity index (χ3v) is 3.53. The predicted octanol–water partition coefficient (Wildman–Crippen LogP) is 2.50. The standard InChI is InChI=1S/C16H17NO3/c1-3-7-13-11-8-5-6-9-12(11)14(16(19)20)15(18)17(13)10-4-2/h3-6,8-9,13-14H,1-2,7,10H2,(H,19,20). The quantitative estimate of drug-likeness (QED) is 0.661. The maximum Gasteiger partial charge on any atom is 0.320 e. The molecule has 1 aromatic rings. The van der Waals surface area contributed by atoms with Crippen LogP contribution in [0.1, 0.15) is 29.5 Å². The summed E-state index contributed by atoms with van der Waals surface area (Å²) in [5.74, 6) is -2.64. The molecule has 0 radical (unpaired) electrons. The van der Waals surface area contributed by atoms with Crippen molar-refractivity contribution in [2.24, 2.45) is 0 Å². The number of hydrogen-bond acceptors (Lipinski definition) is 2. The summed E-state index contributed by atoms with van der Waals surface area (Å²) in [5.41, 5.74) is 1.46. The van der Waals surface area contributed by atoms with E-state index in [1.165, 1.54) is 0 Å². The first-order chi connectivity index (χ1) is 9.61. The Morgan fingerprint density at radius 1 is 1.25 bits per heavy atom. The SMILES string of the molecule is C=CCC1c2ccccc2C(C(=O)O)C(=O)N1CC=C. The van der Waals surface area contributed by atoms with Crippen LogP contribution in [-0.4, -0.2) is 28.4 Å².